The molecule has 1 aromatic carbocycles. The van der Waals surface area contributed by atoms with Gasteiger partial charge in [0.15, 0.2) is 17.6 Å². The summed E-state index contributed by atoms with van der Waals surface area (Å²) in [6.07, 6.45) is -0.927. The lowest BCUT2D eigenvalue weighted by atomic mass is 10.1. The molecular weight excluding hydrogens is 256 g/mol. The van der Waals surface area contributed by atoms with Gasteiger partial charge >= 0.3 is 11.9 Å². The summed E-state index contributed by atoms with van der Waals surface area (Å²) in [5, 5.41) is 9.11. The molecule has 2 rings (SSSR count). The Bertz CT molecular complexity index is 523. The van der Waals surface area contributed by atoms with Crippen LogP contribution in [0.5, 0.6) is 17.2 Å². The fourth-order valence-electron chi connectivity index (χ4n) is 1.59. The quantitative estimate of drug-likeness (QED) is 0.816. The van der Waals surface area contributed by atoms with E-state index >= 15 is 0 Å². The zero-order valence-corrected chi connectivity index (χ0v) is 10.3. The summed E-state index contributed by atoms with van der Waals surface area (Å²) in [5.74, 6) is -1.07. The van der Waals surface area contributed by atoms with E-state index in [4.69, 9.17) is 19.3 Å². The SMILES string of the molecule is COC(=O)C(C)Oc1cc2c(cc1C(=O)O)OCO2. The molecule has 102 valence electrons. The van der Waals surface area contributed by atoms with Crippen LogP contribution in [0.3, 0.4) is 0 Å². The molecule has 0 spiro atoms. The third-order valence-electron chi connectivity index (χ3n) is 2.54. The van der Waals surface area contributed by atoms with Crippen molar-refractivity contribution in [2.45, 2.75) is 13.0 Å². The molecule has 0 saturated heterocycles. The van der Waals surface area contributed by atoms with E-state index in [-0.39, 0.29) is 18.1 Å². The van der Waals surface area contributed by atoms with Gasteiger partial charge in [-0.2, -0.15) is 0 Å². The van der Waals surface area contributed by atoms with Crippen LogP contribution in [0, 0.1) is 0 Å². The molecule has 0 bridgehead atoms. The second-order valence-corrected chi connectivity index (χ2v) is 3.79. The van der Waals surface area contributed by atoms with Crippen LogP contribution in [0.1, 0.15) is 17.3 Å². The van der Waals surface area contributed by atoms with Crippen molar-refractivity contribution in [3.8, 4) is 17.2 Å². The maximum atomic E-state index is 11.3. The van der Waals surface area contributed by atoms with Crippen LogP contribution >= 0.6 is 0 Å². The van der Waals surface area contributed by atoms with E-state index in [0.29, 0.717) is 11.5 Å². The number of hydrogen-bond donors (Lipinski definition) is 1. The van der Waals surface area contributed by atoms with Crippen molar-refractivity contribution >= 4 is 11.9 Å². The van der Waals surface area contributed by atoms with E-state index in [9.17, 15) is 9.59 Å². The Morgan fingerprint density at radius 1 is 1.32 bits per heavy atom. The van der Waals surface area contributed by atoms with Crippen LogP contribution in [-0.4, -0.2) is 37.1 Å². The van der Waals surface area contributed by atoms with Crippen molar-refractivity contribution in [1.82, 2.24) is 0 Å². The number of carboxylic acids is 1. The number of methoxy groups -OCH3 is 1. The summed E-state index contributed by atoms with van der Waals surface area (Å²) in [6, 6.07) is 2.68. The molecule has 1 aromatic rings. The van der Waals surface area contributed by atoms with Crippen LogP contribution in [0.15, 0.2) is 12.1 Å². The number of aromatic carboxylic acids is 1. The van der Waals surface area contributed by atoms with Gasteiger partial charge in [0, 0.05) is 12.1 Å². The van der Waals surface area contributed by atoms with E-state index in [1.807, 2.05) is 0 Å². The first-order valence-electron chi connectivity index (χ1n) is 5.44. The number of esters is 1. The molecule has 1 N–H and O–H groups in total. The Hall–Kier alpha value is -2.44. The molecule has 0 aromatic heterocycles. The summed E-state index contributed by atoms with van der Waals surface area (Å²) >= 11 is 0. The minimum Gasteiger partial charge on any atom is -0.478 e. The second-order valence-electron chi connectivity index (χ2n) is 3.79. The summed E-state index contributed by atoms with van der Waals surface area (Å²) in [6.45, 7) is 1.48. The molecule has 0 amide bonds. The van der Waals surface area contributed by atoms with Gasteiger partial charge in [-0.25, -0.2) is 9.59 Å². The first-order chi connectivity index (χ1) is 9.02. The Labute approximate surface area is 108 Å². The molecule has 1 heterocycles. The number of carbonyl (C=O) groups excluding carboxylic acids is 1. The van der Waals surface area contributed by atoms with Crippen LogP contribution < -0.4 is 14.2 Å². The lowest BCUT2D eigenvalue weighted by Crippen LogP contribution is -2.25. The molecule has 1 unspecified atom stereocenters. The molecule has 0 saturated carbocycles. The predicted molar refractivity (Wildman–Crippen MR) is 61.6 cm³/mol. The first-order valence-corrected chi connectivity index (χ1v) is 5.44. The van der Waals surface area contributed by atoms with E-state index in [0.717, 1.165) is 0 Å². The maximum absolute atomic E-state index is 11.3. The zero-order valence-electron chi connectivity index (χ0n) is 10.3. The van der Waals surface area contributed by atoms with E-state index in [1.165, 1.54) is 26.2 Å². The Morgan fingerprint density at radius 2 is 1.95 bits per heavy atom. The fourth-order valence-corrected chi connectivity index (χ4v) is 1.59. The molecule has 0 aliphatic carbocycles. The number of carbonyl (C=O) groups is 2. The largest absolute Gasteiger partial charge is 0.478 e. The number of carboxylic acid groups (broad SMARTS) is 1. The standard InChI is InChI=1S/C12H12O7/c1-6(12(15)16-2)19-8-4-10-9(17-5-18-10)3-7(8)11(13)14/h3-4,6H,5H2,1-2H3,(H,13,14). The highest BCUT2D eigenvalue weighted by molar-refractivity contribution is 5.92. The Balaban J connectivity index is 2.33. The third kappa shape index (κ3) is 2.54. The molecule has 1 aliphatic rings. The molecule has 7 heteroatoms. The van der Waals surface area contributed by atoms with Crippen LogP contribution in [-0.2, 0) is 9.53 Å². The molecule has 7 nitrogen and oxygen atoms in total. The molecule has 19 heavy (non-hydrogen) atoms. The minimum absolute atomic E-state index is 0.0183. The summed E-state index contributed by atoms with van der Waals surface area (Å²) in [5.41, 5.74) is -0.111. The number of rotatable bonds is 4. The third-order valence-corrected chi connectivity index (χ3v) is 2.54. The van der Waals surface area contributed by atoms with Crippen molar-refractivity contribution in [2.24, 2.45) is 0 Å². The van der Waals surface area contributed by atoms with Crippen molar-refractivity contribution in [3.63, 3.8) is 0 Å². The number of benzene rings is 1. The van der Waals surface area contributed by atoms with Gasteiger partial charge in [0.1, 0.15) is 11.3 Å². The van der Waals surface area contributed by atoms with E-state index in [1.54, 1.807) is 0 Å². The summed E-state index contributed by atoms with van der Waals surface area (Å²) in [4.78, 5) is 22.4. The van der Waals surface area contributed by atoms with Crippen molar-refractivity contribution in [1.29, 1.82) is 0 Å². The van der Waals surface area contributed by atoms with Crippen LogP contribution in [0.2, 0.25) is 0 Å². The lowest BCUT2D eigenvalue weighted by Gasteiger charge is -2.14. The average Bonchev–Trinajstić information content (AvgIpc) is 2.83. The summed E-state index contributed by atoms with van der Waals surface area (Å²) < 4.78 is 20.0. The van der Waals surface area contributed by atoms with Crippen molar-refractivity contribution < 1.29 is 33.6 Å². The second kappa shape index (κ2) is 5.05. The normalized spacial score (nSPS) is 13.8. The number of fused-ring (bicyclic) bond motifs is 1. The molecule has 0 radical (unpaired) electrons. The topological polar surface area (TPSA) is 91.3 Å². The van der Waals surface area contributed by atoms with Crippen molar-refractivity contribution in [2.75, 3.05) is 13.9 Å². The number of hydrogen-bond acceptors (Lipinski definition) is 6. The fraction of sp³-hybridized carbons (Fsp3) is 0.333. The molecular formula is C12H12O7. The van der Waals surface area contributed by atoms with Gasteiger partial charge in [0.05, 0.1) is 7.11 Å². The van der Waals surface area contributed by atoms with E-state index in [2.05, 4.69) is 4.74 Å². The van der Waals surface area contributed by atoms with Gasteiger partial charge < -0.3 is 24.1 Å². The molecule has 1 atom stereocenters. The summed E-state index contributed by atoms with van der Waals surface area (Å²) in [7, 11) is 1.22. The lowest BCUT2D eigenvalue weighted by molar-refractivity contribution is -0.147. The molecule has 1 aliphatic heterocycles. The smallest absolute Gasteiger partial charge is 0.346 e. The van der Waals surface area contributed by atoms with Crippen molar-refractivity contribution in [3.05, 3.63) is 17.7 Å². The van der Waals surface area contributed by atoms with Gasteiger partial charge in [0.2, 0.25) is 6.79 Å². The van der Waals surface area contributed by atoms with Gasteiger partial charge in [-0.05, 0) is 6.92 Å². The Kier molecular flexibility index (Phi) is 3.46. The van der Waals surface area contributed by atoms with Gasteiger partial charge in [-0.3, -0.25) is 0 Å². The number of ether oxygens (including phenoxy) is 4. The van der Waals surface area contributed by atoms with Crippen LogP contribution in [0.25, 0.3) is 0 Å². The van der Waals surface area contributed by atoms with Gasteiger partial charge in [-0.15, -0.1) is 0 Å². The first kappa shape index (κ1) is 13.0. The highest BCUT2D eigenvalue weighted by atomic mass is 16.7. The van der Waals surface area contributed by atoms with Gasteiger partial charge in [-0.1, -0.05) is 0 Å². The van der Waals surface area contributed by atoms with Gasteiger partial charge in [0.25, 0.3) is 0 Å². The Morgan fingerprint density at radius 3 is 2.53 bits per heavy atom. The van der Waals surface area contributed by atoms with E-state index < -0.39 is 18.0 Å². The monoisotopic (exact) mass is 268 g/mol. The highest BCUT2D eigenvalue weighted by Crippen LogP contribution is 2.38. The average molecular weight is 268 g/mol. The molecule has 0 fully saturated rings. The predicted octanol–water partition coefficient (Wildman–Crippen LogP) is 1.05. The van der Waals surface area contributed by atoms with Crippen LogP contribution in [0.4, 0.5) is 0 Å². The highest BCUT2D eigenvalue weighted by Gasteiger charge is 2.24. The minimum atomic E-state index is -1.19. The zero-order chi connectivity index (χ0) is 14.0. The maximum Gasteiger partial charge on any atom is 0.346 e.